The Morgan fingerprint density at radius 2 is 1.63 bits per heavy atom. The van der Waals surface area contributed by atoms with Gasteiger partial charge in [0, 0.05) is 19.1 Å². The van der Waals surface area contributed by atoms with Gasteiger partial charge in [-0.1, -0.05) is 27.7 Å². The van der Waals surface area contributed by atoms with Crippen molar-refractivity contribution in [3.05, 3.63) is 0 Å². The van der Waals surface area contributed by atoms with Crippen LogP contribution >= 0.6 is 0 Å². The SMILES string of the molecule is CCN(CC)CCNC(C)[C@H]1CC[C@H]2[C@@H]3CCC4CC(O)CC[C@]4(C)[C@H]3CC[C@]12C. The third-order valence-electron chi connectivity index (χ3n) is 11.1. The van der Waals surface area contributed by atoms with E-state index in [-0.39, 0.29) is 6.10 Å². The van der Waals surface area contributed by atoms with Crippen LogP contribution in [0.25, 0.3) is 0 Å². The Hall–Kier alpha value is -0.120. The molecule has 0 bridgehead atoms. The second-order valence-corrected chi connectivity index (χ2v) is 12.1. The molecule has 0 aromatic rings. The minimum atomic E-state index is -0.0207. The summed E-state index contributed by atoms with van der Waals surface area (Å²) in [7, 11) is 0. The Morgan fingerprint density at radius 1 is 0.933 bits per heavy atom. The fraction of sp³-hybridized carbons (Fsp3) is 1.00. The first-order chi connectivity index (χ1) is 14.3. The Kier molecular flexibility index (Phi) is 6.93. The first-order valence-corrected chi connectivity index (χ1v) is 13.5. The molecule has 0 spiro atoms. The van der Waals surface area contributed by atoms with Gasteiger partial charge in [0.2, 0.25) is 0 Å². The van der Waals surface area contributed by atoms with E-state index in [4.69, 9.17) is 0 Å². The Morgan fingerprint density at radius 3 is 2.37 bits per heavy atom. The van der Waals surface area contributed by atoms with Gasteiger partial charge in [0.25, 0.3) is 0 Å². The average molecular weight is 419 g/mol. The molecule has 0 heterocycles. The predicted molar refractivity (Wildman–Crippen MR) is 126 cm³/mol. The third kappa shape index (κ3) is 3.90. The van der Waals surface area contributed by atoms with E-state index in [1.165, 1.54) is 51.5 Å². The zero-order valence-electron chi connectivity index (χ0n) is 20.6. The van der Waals surface area contributed by atoms with E-state index < -0.39 is 0 Å². The standard InChI is InChI=1S/C27H50N2O/c1-6-29(7-2)17-16-28-19(3)23-10-11-24-22-9-8-20-18-21(30)12-14-26(20,4)25(22)13-15-27(23,24)5/h19-25,28,30H,6-18H2,1-5H3/t19?,20?,21?,22-,23+,24-,25-,26-,27+/m0/s1. The molecule has 30 heavy (non-hydrogen) atoms. The minimum Gasteiger partial charge on any atom is -0.393 e. The van der Waals surface area contributed by atoms with Crippen LogP contribution in [0.15, 0.2) is 0 Å². The number of aliphatic hydroxyl groups is 1. The number of hydrogen-bond acceptors (Lipinski definition) is 3. The maximum Gasteiger partial charge on any atom is 0.0543 e. The predicted octanol–water partition coefficient (Wildman–Crippen LogP) is 5.33. The van der Waals surface area contributed by atoms with Gasteiger partial charge in [0.1, 0.15) is 0 Å². The molecule has 2 N–H and O–H groups in total. The van der Waals surface area contributed by atoms with Crippen molar-refractivity contribution >= 4 is 0 Å². The molecule has 0 amide bonds. The van der Waals surface area contributed by atoms with E-state index in [1.54, 1.807) is 0 Å². The molecule has 4 saturated carbocycles. The molecular weight excluding hydrogens is 368 g/mol. The van der Waals surface area contributed by atoms with Crippen LogP contribution in [0.2, 0.25) is 0 Å². The Balaban J connectivity index is 1.41. The molecule has 4 fully saturated rings. The van der Waals surface area contributed by atoms with Crippen molar-refractivity contribution < 1.29 is 5.11 Å². The monoisotopic (exact) mass is 418 g/mol. The molecule has 3 heteroatoms. The van der Waals surface area contributed by atoms with Crippen molar-refractivity contribution in [1.82, 2.24) is 10.2 Å². The maximum absolute atomic E-state index is 10.3. The van der Waals surface area contributed by atoms with Crippen molar-refractivity contribution in [2.24, 2.45) is 40.4 Å². The first-order valence-electron chi connectivity index (χ1n) is 13.5. The fourth-order valence-corrected chi connectivity index (χ4v) is 9.23. The normalized spacial score (nSPS) is 46.9. The number of nitrogens with zero attached hydrogens (tertiary/aromatic N) is 1. The summed E-state index contributed by atoms with van der Waals surface area (Å²) in [6, 6.07) is 0.642. The van der Waals surface area contributed by atoms with E-state index >= 15 is 0 Å². The quantitative estimate of drug-likeness (QED) is 0.587. The van der Waals surface area contributed by atoms with Crippen molar-refractivity contribution in [1.29, 1.82) is 0 Å². The van der Waals surface area contributed by atoms with E-state index in [0.29, 0.717) is 16.9 Å². The van der Waals surface area contributed by atoms with E-state index in [0.717, 1.165) is 62.1 Å². The largest absolute Gasteiger partial charge is 0.393 e. The summed E-state index contributed by atoms with van der Waals surface area (Å²) in [6.07, 6.45) is 12.0. The van der Waals surface area contributed by atoms with Gasteiger partial charge in [0.15, 0.2) is 0 Å². The van der Waals surface area contributed by atoms with Crippen LogP contribution < -0.4 is 5.32 Å². The lowest BCUT2D eigenvalue weighted by molar-refractivity contribution is -0.127. The highest BCUT2D eigenvalue weighted by Crippen LogP contribution is 2.67. The molecule has 9 atom stereocenters. The van der Waals surface area contributed by atoms with Crippen molar-refractivity contribution in [2.75, 3.05) is 26.2 Å². The maximum atomic E-state index is 10.3. The summed E-state index contributed by atoms with van der Waals surface area (Å²) in [5.41, 5.74) is 1.05. The van der Waals surface area contributed by atoms with E-state index in [1.807, 2.05) is 0 Å². The summed E-state index contributed by atoms with van der Waals surface area (Å²) in [5.74, 6) is 4.45. The Bertz CT molecular complexity index is 577. The number of fused-ring (bicyclic) bond motifs is 5. The van der Waals surface area contributed by atoms with Gasteiger partial charge in [-0.2, -0.15) is 0 Å². The molecule has 0 radical (unpaired) electrons. The van der Waals surface area contributed by atoms with E-state index in [2.05, 4.69) is 44.8 Å². The summed E-state index contributed by atoms with van der Waals surface area (Å²) >= 11 is 0. The van der Waals surface area contributed by atoms with Crippen molar-refractivity contribution in [3.8, 4) is 0 Å². The topological polar surface area (TPSA) is 35.5 Å². The van der Waals surface area contributed by atoms with Crippen LogP contribution in [0.1, 0.15) is 92.4 Å². The molecule has 4 aliphatic carbocycles. The van der Waals surface area contributed by atoms with Gasteiger partial charge >= 0.3 is 0 Å². The lowest BCUT2D eigenvalue weighted by Gasteiger charge is -2.61. The van der Waals surface area contributed by atoms with Crippen LogP contribution in [-0.2, 0) is 0 Å². The average Bonchev–Trinajstić information content (AvgIpc) is 3.09. The van der Waals surface area contributed by atoms with Crippen molar-refractivity contribution in [2.45, 2.75) is 105 Å². The fourth-order valence-electron chi connectivity index (χ4n) is 9.23. The molecule has 4 aliphatic rings. The highest BCUT2D eigenvalue weighted by Gasteiger charge is 2.60. The molecule has 0 saturated heterocycles. The van der Waals surface area contributed by atoms with Crippen LogP contribution in [0, 0.1) is 40.4 Å². The third-order valence-corrected chi connectivity index (χ3v) is 11.1. The second-order valence-electron chi connectivity index (χ2n) is 12.1. The van der Waals surface area contributed by atoms with Crippen LogP contribution in [0.4, 0.5) is 0 Å². The van der Waals surface area contributed by atoms with Gasteiger partial charge in [-0.05, 0) is 118 Å². The summed E-state index contributed by atoms with van der Waals surface area (Å²) in [6.45, 7) is 17.0. The summed E-state index contributed by atoms with van der Waals surface area (Å²) in [4.78, 5) is 2.53. The number of rotatable bonds is 7. The number of nitrogens with one attached hydrogen (secondary N) is 1. The summed E-state index contributed by atoms with van der Waals surface area (Å²) < 4.78 is 0. The molecule has 174 valence electrons. The highest BCUT2D eigenvalue weighted by molar-refractivity contribution is 5.10. The van der Waals surface area contributed by atoms with Gasteiger partial charge in [-0.15, -0.1) is 0 Å². The number of aliphatic hydroxyl groups excluding tert-OH is 1. The Labute approximate surface area is 186 Å². The van der Waals surface area contributed by atoms with Gasteiger partial charge < -0.3 is 15.3 Å². The number of likely N-dealkylation sites (N-methyl/N-ethyl adjacent to an activating group) is 1. The molecule has 3 nitrogen and oxygen atoms in total. The van der Waals surface area contributed by atoms with Gasteiger partial charge in [0.05, 0.1) is 6.10 Å². The molecule has 0 aromatic heterocycles. The smallest absolute Gasteiger partial charge is 0.0543 e. The van der Waals surface area contributed by atoms with Gasteiger partial charge in [-0.3, -0.25) is 0 Å². The lowest BCUT2D eigenvalue weighted by Crippen LogP contribution is -2.55. The van der Waals surface area contributed by atoms with Crippen LogP contribution in [0.5, 0.6) is 0 Å². The first kappa shape index (κ1) is 23.1. The molecule has 4 rings (SSSR count). The molecule has 0 aliphatic heterocycles. The molecule has 0 aromatic carbocycles. The zero-order chi connectivity index (χ0) is 21.5. The van der Waals surface area contributed by atoms with Crippen LogP contribution in [-0.4, -0.2) is 48.3 Å². The van der Waals surface area contributed by atoms with Crippen LogP contribution in [0.3, 0.4) is 0 Å². The highest BCUT2D eigenvalue weighted by atomic mass is 16.3. The van der Waals surface area contributed by atoms with E-state index in [9.17, 15) is 5.11 Å². The lowest BCUT2D eigenvalue weighted by atomic mass is 9.44. The second kappa shape index (κ2) is 9.02. The summed E-state index contributed by atoms with van der Waals surface area (Å²) in [5, 5.41) is 14.2. The zero-order valence-corrected chi connectivity index (χ0v) is 20.6. The number of hydrogen-bond donors (Lipinski definition) is 2. The molecule has 3 unspecified atom stereocenters. The van der Waals surface area contributed by atoms with Gasteiger partial charge in [-0.25, -0.2) is 0 Å². The van der Waals surface area contributed by atoms with Crippen molar-refractivity contribution in [3.63, 3.8) is 0 Å². The molecular formula is C27H50N2O. The minimum absolute atomic E-state index is 0.0207.